The van der Waals surface area contributed by atoms with E-state index in [2.05, 4.69) is 24.3 Å². The van der Waals surface area contributed by atoms with E-state index in [0.29, 0.717) is 5.92 Å². The summed E-state index contributed by atoms with van der Waals surface area (Å²) in [5.41, 5.74) is 8.67. The molecule has 1 aromatic rings. The third-order valence-corrected chi connectivity index (χ3v) is 3.30. The molecule has 0 bridgehead atoms. The lowest BCUT2D eigenvalue weighted by Gasteiger charge is -2.28. The molecule has 0 aromatic carbocycles. The van der Waals surface area contributed by atoms with Gasteiger partial charge in [-0.25, -0.2) is 0 Å². The Hall–Kier alpha value is -0.760. The van der Waals surface area contributed by atoms with Crippen LogP contribution < -0.4 is 5.73 Å². The van der Waals surface area contributed by atoms with Gasteiger partial charge in [0, 0.05) is 12.4 Å². The highest BCUT2D eigenvalue weighted by Gasteiger charge is 2.26. The van der Waals surface area contributed by atoms with E-state index in [1.54, 1.807) is 0 Å². The zero-order valence-electron chi connectivity index (χ0n) is 8.22. The molecule has 2 heteroatoms. The molecule has 13 heavy (non-hydrogen) atoms. The van der Waals surface area contributed by atoms with Gasteiger partial charge in [0.1, 0.15) is 0 Å². The highest BCUT2D eigenvalue weighted by atomic mass is 14.7. The first-order valence-electron chi connectivity index (χ1n) is 5.18. The molecule has 3 N–H and O–H groups in total. The third kappa shape index (κ3) is 1.51. The van der Waals surface area contributed by atoms with Crippen LogP contribution in [0.1, 0.15) is 36.8 Å². The van der Waals surface area contributed by atoms with Gasteiger partial charge in [0.15, 0.2) is 0 Å². The monoisotopic (exact) mass is 178 g/mol. The van der Waals surface area contributed by atoms with E-state index in [9.17, 15) is 0 Å². The summed E-state index contributed by atoms with van der Waals surface area (Å²) in [5, 5.41) is 0. The SMILES string of the molecule is CC1CCc2c[nH]cc2C1CCN. The summed E-state index contributed by atoms with van der Waals surface area (Å²) in [5.74, 6) is 1.49. The summed E-state index contributed by atoms with van der Waals surface area (Å²) in [4.78, 5) is 3.21. The van der Waals surface area contributed by atoms with Crippen molar-refractivity contribution in [1.29, 1.82) is 0 Å². The maximum atomic E-state index is 5.64. The van der Waals surface area contributed by atoms with Crippen molar-refractivity contribution >= 4 is 0 Å². The van der Waals surface area contributed by atoms with Gasteiger partial charge in [-0.05, 0) is 48.8 Å². The Labute approximate surface area is 79.5 Å². The largest absolute Gasteiger partial charge is 0.367 e. The Morgan fingerprint density at radius 3 is 3.15 bits per heavy atom. The zero-order chi connectivity index (χ0) is 9.26. The van der Waals surface area contributed by atoms with Crippen molar-refractivity contribution in [2.24, 2.45) is 11.7 Å². The summed E-state index contributed by atoms with van der Waals surface area (Å²) < 4.78 is 0. The maximum absolute atomic E-state index is 5.64. The van der Waals surface area contributed by atoms with Gasteiger partial charge in [-0.15, -0.1) is 0 Å². The van der Waals surface area contributed by atoms with Crippen LogP contribution in [-0.2, 0) is 6.42 Å². The van der Waals surface area contributed by atoms with Crippen molar-refractivity contribution in [1.82, 2.24) is 4.98 Å². The van der Waals surface area contributed by atoms with Gasteiger partial charge >= 0.3 is 0 Å². The molecule has 0 spiro atoms. The predicted octanol–water partition coefficient (Wildman–Crippen LogP) is 2.03. The first-order valence-corrected chi connectivity index (χ1v) is 5.18. The van der Waals surface area contributed by atoms with E-state index in [1.165, 1.54) is 24.0 Å². The van der Waals surface area contributed by atoms with Crippen molar-refractivity contribution in [3.8, 4) is 0 Å². The molecule has 1 aliphatic rings. The molecule has 2 rings (SSSR count). The van der Waals surface area contributed by atoms with Gasteiger partial charge < -0.3 is 10.7 Å². The second kappa shape index (κ2) is 3.54. The Morgan fingerprint density at radius 2 is 2.38 bits per heavy atom. The third-order valence-electron chi connectivity index (χ3n) is 3.30. The molecule has 0 aliphatic heterocycles. The molecule has 0 fully saturated rings. The van der Waals surface area contributed by atoms with Gasteiger partial charge in [-0.2, -0.15) is 0 Å². The fourth-order valence-electron chi connectivity index (χ4n) is 2.48. The van der Waals surface area contributed by atoms with Gasteiger partial charge in [-0.3, -0.25) is 0 Å². The number of aromatic nitrogens is 1. The van der Waals surface area contributed by atoms with Gasteiger partial charge in [0.25, 0.3) is 0 Å². The quantitative estimate of drug-likeness (QED) is 0.715. The summed E-state index contributed by atoms with van der Waals surface area (Å²) >= 11 is 0. The number of H-pyrrole nitrogens is 1. The van der Waals surface area contributed by atoms with Crippen molar-refractivity contribution in [2.75, 3.05) is 6.54 Å². The average Bonchev–Trinajstić information content (AvgIpc) is 2.58. The summed E-state index contributed by atoms with van der Waals surface area (Å²) in [6, 6.07) is 0. The van der Waals surface area contributed by atoms with Crippen LogP contribution in [0.25, 0.3) is 0 Å². The molecule has 0 saturated carbocycles. The highest BCUT2D eigenvalue weighted by Crippen LogP contribution is 2.37. The fourth-order valence-corrected chi connectivity index (χ4v) is 2.48. The Morgan fingerprint density at radius 1 is 1.54 bits per heavy atom. The molecular formula is C11H18N2. The van der Waals surface area contributed by atoms with Crippen LogP contribution in [0.3, 0.4) is 0 Å². The minimum Gasteiger partial charge on any atom is -0.367 e. The number of fused-ring (bicyclic) bond motifs is 1. The van der Waals surface area contributed by atoms with Crippen molar-refractivity contribution in [3.63, 3.8) is 0 Å². The van der Waals surface area contributed by atoms with E-state index in [-0.39, 0.29) is 0 Å². The van der Waals surface area contributed by atoms with Crippen LogP contribution in [0.15, 0.2) is 12.4 Å². The first-order chi connectivity index (χ1) is 6.33. The molecule has 0 radical (unpaired) electrons. The lowest BCUT2D eigenvalue weighted by Crippen LogP contribution is -2.19. The molecule has 72 valence electrons. The fraction of sp³-hybridized carbons (Fsp3) is 0.636. The Bertz CT molecular complexity index is 277. The lowest BCUT2D eigenvalue weighted by molar-refractivity contribution is 0.389. The smallest absolute Gasteiger partial charge is 0.00431 e. The molecule has 0 amide bonds. The van der Waals surface area contributed by atoms with Crippen molar-refractivity contribution in [2.45, 2.75) is 32.1 Å². The summed E-state index contributed by atoms with van der Waals surface area (Å²) in [6.45, 7) is 3.15. The van der Waals surface area contributed by atoms with E-state index in [4.69, 9.17) is 5.73 Å². The Kier molecular flexibility index (Phi) is 2.40. The number of hydrogen-bond donors (Lipinski definition) is 2. The van der Waals surface area contributed by atoms with Crippen LogP contribution in [0.2, 0.25) is 0 Å². The van der Waals surface area contributed by atoms with E-state index >= 15 is 0 Å². The van der Waals surface area contributed by atoms with Gasteiger partial charge in [-0.1, -0.05) is 6.92 Å². The molecule has 1 heterocycles. The van der Waals surface area contributed by atoms with Crippen LogP contribution in [0, 0.1) is 5.92 Å². The number of hydrogen-bond acceptors (Lipinski definition) is 1. The van der Waals surface area contributed by atoms with E-state index in [0.717, 1.165) is 18.9 Å². The first kappa shape index (κ1) is 8.82. The number of aryl methyl sites for hydroxylation is 1. The van der Waals surface area contributed by atoms with Crippen molar-refractivity contribution in [3.05, 3.63) is 23.5 Å². The average molecular weight is 178 g/mol. The van der Waals surface area contributed by atoms with Gasteiger partial charge in [0.2, 0.25) is 0 Å². The summed E-state index contributed by atoms with van der Waals surface area (Å²) in [7, 11) is 0. The molecular weight excluding hydrogens is 160 g/mol. The zero-order valence-corrected chi connectivity index (χ0v) is 8.22. The number of nitrogens with two attached hydrogens (primary N) is 1. The minimum atomic E-state index is 0.694. The van der Waals surface area contributed by atoms with Crippen LogP contribution in [0.5, 0.6) is 0 Å². The molecule has 2 unspecified atom stereocenters. The Balaban J connectivity index is 2.25. The minimum absolute atomic E-state index is 0.694. The molecule has 2 atom stereocenters. The molecule has 0 saturated heterocycles. The van der Waals surface area contributed by atoms with Crippen LogP contribution in [0.4, 0.5) is 0 Å². The van der Waals surface area contributed by atoms with E-state index in [1.807, 2.05) is 0 Å². The highest BCUT2D eigenvalue weighted by molar-refractivity contribution is 5.30. The number of rotatable bonds is 2. The predicted molar refractivity (Wildman–Crippen MR) is 54.7 cm³/mol. The molecule has 2 nitrogen and oxygen atoms in total. The normalized spacial score (nSPS) is 27.2. The van der Waals surface area contributed by atoms with Gasteiger partial charge in [0.05, 0.1) is 0 Å². The summed E-state index contributed by atoms with van der Waals surface area (Å²) in [6.07, 6.45) is 7.98. The van der Waals surface area contributed by atoms with Crippen LogP contribution >= 0.6 is 0 Å². The lowest BCUT2D eigenvalue weighted by atomic mass is 9.76. The molecule has 1 aromatic heterocycles. The topological polar surface area (TPSA) is 41.8 Å². The van der Waals surface area contributed by atoms with E-state index < -0.39 is 0 Å². The van der Waals surface area contributed by atoms with Crippen molar-refractivity contribution < 1.29 is 0 Å². The number of aromatic amines is 1. The molecule has 1 aliphatic carbocycles. The van der Waals surface area contributed by atoms with Crippen LogP contribution in [-0.4, -0.2) is 11.5 Å². The maximum Gasteiger partial charge on any atom is 0.00431 e. The number of nitrogens with one attached hydrogen (secondary N) is 1. The standard InChI is InChI=1S/C11H18N2/c1-8-2-3-9-6-13-7-11(9)10(8)4-5-12/h6-8,10,13H,2-5,12H2,1H3. The second-order valence-corrected chi connectivity index (χ2v) is 4.14. The second-order valence-electron chi connectivity index (χ2n) is 4.14.